The highest BCUT2D eigenvalue weighted by Gasteiger charge is 2.63. The fourth-order valence-electron chi connectivity index (χ4n) is 20.9. The molecule has 4 aliphatic heterocycles. The van der Waals surface area contributed by atoms with E-state index in [0.717, 1.165) is 0 Å². The first-order chi connectivity index (χ1) is 53.1. The molecule has 580 valence electrons. The molecule has 6 heterocycles. The number of thiophene rings is 2. The summed E-state index contributed by atoms with van der Waals surface area (Å²) < 4.78 is 4.16. The van der Waals surface area contributed by atoms with Crippen molar-refractivity contribution >= 4 is 122 Å². The lowest BCUT2D eigenvalue weighted by Crippen LogP contribution is -2.64. The van der Waals surface area contributed by atoms with Crippen LogP contribution in [0.2, 0.25) is 0 Å². The van der Waals surface area contributed by atoms with Crippen LogP contribution >= 0.6 is 22.7 Å². The molecule has 12 aromatic rings. The number of nitrogens with zero attached hydrogens (tertiary/aromatic N) is 4. The van der Waals surface area contributed by atoms with Crippen molar-refractivity contribution in [2.75, 3.05) is 19.6 Å². The van der Waals surface area contributed by atoms with Crippen LogP contribution in [0.4, 0.5) is 56.9 Å². The predicted octanol–water partition coefficient (Wildman–Crippen LogP) is 29.1. The van der Waals surface area contributed by atoms with Gasteiger partial charge in [-0.1, -0.05) is 273 Å². The van der Waals surface area contributed by atoms with Gasteiger partial charge in [0.2, 0.25) is 0 Å². The zero-order chi connectivity index (χ0) is 80.2. The van der Waals surface area contributed by atoms with Crippen LogP contribution in [0, 0.1) is 13.8 Å². The number of fused-ring (bicyclic) bond motifs is 13. The molecule has 6 aliphatic rings. The summed E-state index contributed by atoms with van der Waals surface area (Å²) >= 11 is 3.89. The second-order valence-corrected chi connectivity index (χ2v) is 43.9. The fourth-order valence-corrected chi connectivity index (χ4v) is 23.1. The molecule has 18 rings (SSSR count). The first-order valence-electron chi connectivity index (χ1n) is 42.4. The Morgan fingerprint density at radius 1 is 0.381 bits per heavy atom. The van der Waals surface area contributed by atoms with E-state index < -0.39 is 0 Å². The van der Waals surface area contributed by atoms with Gasteiger partial charge in [0.15, 0.2) is 0 Å². The van der Waals surface area contributed by atoms with Crippen LogP contribution in [-0.4, -0.2) is 17.8 Å². The van der Waals surface area contributed by atoms with Gasteiger partial charge in [-0.2, -0.15) is 0 Å². The highest BCUT2D eigenvalue weighted by molar-refractivity contribution is 7.33. The Morgan fingerprint density at radius 3 is 1.46 bits per heavy atom. The van der Waals surface area contributed by atoms with Gasteiger partial charge in [0.25, 0.3) is 6.71 Å². The Kier molecular flexibility index (Phi) is 18.0. The van der Waals surface area contributed by atoms with Crippen LogP contribution in [0.5, 0.6) is 0 Å². The monoisotopic (exact) mass is 1520 g/mol. The van der Waals surface area contributed by atoms with Crippen molar-refractivity contribution in [1.82, 2.24) is 0 Å². The van der Waals surface area contributed by atoms with Crippen LogP contribution in [0.15, 0.2) is 200 Å². The van der Waals surface area contributed by atoms with Gasteiger partial charge >= 0.3 is 0 Å². The van der Waals surface area contributed by atoms with Crippen molar-refractivity contribution in [3.05, 3.63) is 255 Å². The van der Waals surface area contributed by atoms with E-state index in [0.29, 0.717) is 0 Å². The largest absolute Gasteiger partial charge is 0.335 e. The molecule has 2 fully saturated rings. The Morgan fingerprint density at radius 2 is 0.858 bits per heavy atom. The van der Waals surface area contributed by atoms with E-state index in [4.69, 9.17) is 0 Å². The lowest BCUT2D eigenvalue weighted by molar-refractivity contribution is 0.195. The van der Waals surface area contributed by atoms with E-state index >= 15 is 0 Å². The maximum absolute atomic E-state index is 2.89. The molecule has 4 nitrogen and oxygen atoms in total. The predicted molar refractivity (Wildman–Crippen MR) is 496 cm³/mol. The van der Waals surface area contributed by atoms with Crippen molar-refractivity contribution < 1.29 is 0 Å². The highest BCUT2D eigenvalue weighted by atomic mass is 32.1. The minimum atomic E-state index is -0.0414. The van der Waals surface area contributed by atoms with E-state index in [1.165, 1.54) is 216 Å². The van der Waals surface area contributed by atoms with Crippen LogP contribution in [0.25, 0.3) is 42.4 Å². The van der Waals surface area contributed by atoms with Gasteiger partial charge in [0.1, 0.15) is 0 Å². The second-order valence-electron chi connectivity index (χ2n) is 41.9. The minimum Gasteiger partial charge on any atom is -0.335 e. The molecule has 0 amide bonds. The first kappa shape index (κ1) is 77.0. The third-order valence-corrected chi connectivity index (χ3v) is 30.2. The maximum Gasteiger partial charge on any atom is 0.264 e. The average Bonchev–Trinajstić information content (AvgIpc) is 1.53. The van der Waals surface area contributed by atoms with E-state index in [1.54, 1.807) is 5.56 Å². The maximum atomic E-state index is 2.89. The van der Waals surface area contributed by atoms with E-state index in [1.807, 2.05) is 22.7 Å². The number of aryl methyl sites for hydroxylation is 2. The zero-order valence-corrected chi connectivity index (χ0v) is 74.0. The summed E-state index contributed by atoms with van der Waals surface area (Å²) in [5.41, 5.74) is 35.5. The van der Waals surface area contributed by atoms with Crippen molar-refractivity contribution in [1.29, 1.82) is 0 Å². The summed E-state index contributed by atoms with van der Waals surface area (Å²) in [7, 11) is 0. The summed E-state index contributed by atoms with van der Waals surface area (Å²) in [6.45, 7) is 57.4. The van der Waals surface area contributed by atoms with Gasteiger partial charge in [-0.3, -0.25) is 0 Å². The van der Waals surface area contributed by atoms with Crippen LogP contribution in [0.3, 0.4) is 0 Å². The summed E-state index contributed by atoms with van der Waals surface area (Å²) in [6, 6.07) is 76.3. The SMILES string of the molecule is Cc1cc(N(c2ccc(C(C)(C)C)cc2-c2ccccc2)c2csc3ccc(C(C)(C)C)cc23)cc(N2c3ccc(C(C)(C)C)cc3C3(C)CCCCC23C)c1.Cc1cc2c3c(c1)N1c4c(cc(C(C)(C)C)cc4C4(C)CCCCC14C)B3c1sc3ccc(C(C)(C)C)cc3c1N2c1ccc(C(C)(C)C)cc1-c1ccccc1. The minimum absolute atomic E-state index is 0.0121. The molecule has 2 aliphatic carbocycles. The molecule has 10 aromatic carbocycles. The Balaban J connectivity index is 0.000000164. The lowest BCUT2D eigenvalue weighted by atomic mass is 9.36. The summed E-state index contributed by atoms with van der Waals surface area (Å²) in [5, 5.41) is 5.07. The van der Waals surface area contributed by atoms with Crippen LogP contribution in [0.1, 0.15) is 259 Å². The summed E-state index contributed by atoms with van der Waals surface area (Å²) in [4.78, 5) is 10.9. The van der Waals surface area contributed by atoms with Gasteiger partial charge in [-0.05, 0) is 248 Å². The molecule has 0 N–H and O–H groups in total. The number of rotatable bonds is 7. The molecule has 0 saturated heterocycles. The van der Waals surface area contributed by atoms with Crippen molar-refractivity contribution in [3.8, 4) is 22.3 Å². The third-order valence-electron chi connectivity index (χ3n) is 28.1. The first-order valence-corrected chi connectivity index (χ1v) is 44.1. The van der Waals surface area contributed by atoms with Gasteiger partial charge in [-0.25, -0.2) is 0 Å². The highest BCUT2D eigenvalue weighted by Crippen LogP contribution is 2.65. The fraction of sp³-hybridized carbons (Fsp3) is 0.396. The van der Waals surface area contributed by atoms with Crippen molar-refractivity contribution in [2.45, 2.75) is 272 Å². The van der Waals surface area contributed by atoms with Crippen LogP contribution in [-0.2, 0) is 43.3 Å². The molecule has 4 unspecified atom stereocenters. The molecule has 4 atom stereocenters. The Bertz CT molecular complexity index is 5790. The molecule has 7 heteroatoms. The molecule has 0 spiro atoms. The van der Waals surface area contributed by atoms with Crippen molar-refractivity contribution in [2.24, 2.45) is 0 Å². The van der Waals surface area contributed by atoms with Crippen LogP contribution < -0.4 is 35.3 Å². The van der Waals surface area contributed by atoms with Crippen molar-refractivity contribution in [3.63, 3.8) is 0 Å². The van der Waals surface area contributed by atoms with Gasteiger partial charge in [0.05, 0.1) is 33.8 Å². The summed E-state index contributed by atoms with van der Waals surface area (Å²) in [5.74, 6) is 0. The molecule has 0 bridgehead atoms. The Labute approximate surface area is 686 Å². The molecule has 113 heavy (non-hydrogen) atoms. The zero-order valence-electron chi connectivity index (χ0n) is 72.4. The number of anilines is 10. The quantitative estimate of drug-likeness (QED) is 0.147. The van der Waals surface area contributed by atoms with E-state index in [9.17, 15) is 0 Å². The molecular formula is C106H121BN4S2. The van der Waals surface area contributed by atoms with Gasteiger partial charge in [0, 0.05) is 86.4 Å². The third kappa shape index (κ3) is 12.3. The van der Waals surface area contributed by atoms with Gasteiger partial charge in [-0.15, -0.1) is 22.7 Å². The molecule has 0 radical (unpaired) electrons. The average molecular weight is 1530 g/mol. The van der Waals surface area contributed by atoms with E-state index in [2.05, 4.69) is 385 Å². The molecule has 2 saturated carbocycles. The smallest absolute Gasteiger partial charge is 0.264 e. The topological polar surface area (TPSA) is 13.0 Å². The number of hydrogen-bond acceptors (Lipinski definition) is 6. The normalized spacial score (nSPS) is 20.5. The Hall–Kier alpha value is -8.62. The number of benzene rings is 10. The second kappa shape index (κ2) is 26.5. The molecule has 2 aromatic heterocycles. The standard InChI is InChI=1S/C53H59BN2S.C53H62N2S/c1-32-26-42-45-43(27-32)56-47-39(52(11)24-16-17-25-53(52,56)12)30-36(51(8,9)10)31-40(47)54(45)48-46(38-29-35(50(5,6)7)21-23-44(38)57-48)55(42)41-22-20-34(49(2,3)4)28-37(41)33-18-14-13-15-19-33;1-35-28-40(33-41(29-35)55-46-24-21-39(51(8,9)10)32-44(46)52(11)26-16-17-27-53(52,55)12)54(47-34-56-48-25-22-38(31-43(47)48)50(5,6)7)45-23-20-37(49(2,3)4)30-42(45)36-18-14-13-15-19-36/h13-15,18-23,26-31H,16-17,24-25H2,1-12H3;13-15,18-25,28-34H,16-17,26-27H2,1-12H3. The van der Waals surface area contributed by atoms with Gasteiger partial charge < -0.3 is 19.6 Å². The number of hydrogen-bond donors (Lipinski definition) is 0. The molecular weight excluding hydrogens is 1400 g/mol. The van der Waals surface area contributed by atoms with E-state index in [-0.39, 0.29) is 61.1 Å². The summed E-state index contributed by atoms with van der Waals surface area (Å²) in [6.07, 6.45) is 9.92. The lowest BCUT2D eigenvalue weighted by Gasteiger charge is -2.52.